The minimum Gasteiger partial charge on any atom is -0.469 e. The second-order valence-electron chi connectivity index (χ2n) is 2.37. The molecule has 0 fully saturated rings. The summed E-state index contributed by atoms with van der Waals surface area (Å²) >= 11 is 0. The molecular formula is C9H8N2O2. The fourth-order valence-corrected chi connectivity index (χ4v) is 0.807. The van der Waals surface area contributed by atoms with Crippen molar-refractivity contribution >= 4 is 11.7 Å². The average molecular weight is 176 g/mol. The molecule has 0 atom stereocenters. The van der Waals surface area contributed by atoms with E-state index in [1.807, 2.05) is 0 Å². The Morgan fingerprint density at radius 3 is 2.92 bits per heavy atom. The first-order chi connectivity index (χ1) is 6.26. The Labute approximate surface area is 76.0 Å². The summed E-state index contributed by atoms with van der Waals surface area (Å²) < 4.78 is 4.47. The van der Waals surface area contributed by atoms with Crippen LogP contribution >= 0.6 is 0 Å². The van der Waals surface area contributed by atoms with Gasteiger partial charge >= 0.3 is 5.97 Å². The van der Waals surface area contributed by atoms with Gasteiger partial charge in [-0.05, 0) is 0 Å². The van der Waals surface area contributed by atoms with Gasteiger partial charge in [0.25, 0.3) is 0 Å². The van der Waals surface area contributed by atoms with Gasteiger partial charge < -0.3 is 4.74 Å². The topological polar surface area (TPSA) is 43.5 Å². The van der Waals surface area contributed by atoms with Crippen LogP contribution in [0.4, 0.5) is 5.69 Å². The van der Waals surface area contributed by atoms with Crippen LogP contribution < -0.4 is 0 Å². The van der Waals surface area contributed by atoms with E-state index in [9.17, 15) is 4.79 Å². The van der Waals surface area contributed by atoms with Gasteiger partial charge in [0.2, 0.25) is 5.69 Å². The van der Waals surface area contributed by atoms with E-state index >= 15 is 0 Å². The van der Waals surface area contributed by atoms with E-state index in [0.29, 0.717) is 11.4 Å². The summed E-state index contributed by atoms with van der Waals surface area (Å²) in [6.45, 7) is 6.69. The van der Waals surface area contributed by atoms with Crippen LogP contribution in [-0.2, 0) is 16.0 Å². The first-order valence-electron chi connectivity index (χ1n) is 3.65. The predicted molar refractivity (Wildman–Crippen MR) is 46.2 cm³/mol. The van der Waals surface area contributed by atoms with Gasteiger partial charge in [-0.2, -0.15) is 0 Å². The summed E-state index contributed by atoms with van der Waals surface area (Å²) in [6.07, 6.45) is 1.58. The third kappa shape index (κ3) is 2.56. The molecule has 4 nitrogen and oxygen atoms in total. The number of aromatic nitrogens is 1. The van der Waals surface area contributed by atoms with Crippen LogP contribution in [0.1, 0.15) is 5.69 Å². The highest BCUT2D eigenvalue weighted by atomic mass is 16.5. The quantitative estimate of drug-likeness (QED) is 0.504. The number of rotatable bonds is 2. The summed E-state index contributed by atoms with van der Waals surface area (Å²) in [4.78, 5) is 17.9. The van der Waals surface area contributed by atoms with Gasteiger partial charge in [0.05, 0.1) is 20.1 Å². The summed E-state index contributed by atoms with van der Waals surface area (Å²) in [6, 6.07) is 3.27. The number of methoxy groups -OCH3 is 1. The lowest BCUT2D eigenvalue weighted by Crippen LogP contribution is -2.05. The third-order valence-corrected chi connectivity index (χ3v) is 1.49. The molecule has 0 spiro atoms. The van der Waals surface area contributed by atoms with Gasteiger partial charge in [0.1, 0.15) is 0 Å². The largest absolute Gasteiger partial charge is 0.469 e. The number of carbonyl (C=O) groups is 1. The van der Waals surface area contributed by atoms with Crippen molar-refractivity contribution < 1.29 is 9.53 Å². The Balaban J connectivity index is 2.71. The molecule has 0 saturated heterocycles. The first kappa shape index (κ1) is 9.20. The normalized spacial score (nSPS) is 8.92. The van der Waals surface area contributed by atoms with Crippen molar-refractivity contribution in [2.45, 2.75) is 6.42 Å². The highest BCUT2D eigenvalue weighted by Gasteiger charge is 2.03. The molecule has 0 aliphatic rings. The number of hydrogen-bond acceptors (Lipinski definition) is 3. The SMILES string of the molecule is [C-]#[N+]c1ccc(CC(=O)OC)nc1. The maximum atomic E-state index is 10.8. The van der Waals surface area contributed by atoms with E-state index in [1.54, 1.807) is 12.1 Å². The van der Waals surface area contributed by atoms with Crippen molar-refractivity contribution in [3.63, 3.8) is 0 Å². The lowest BCUT2D eigenvalue weighted by Gasteiger charge is -1.98. The van der Waals surface area contributed by atoms with Crippen molar-refractivity contribution in [1.29, 1.82) is 0 Å². The summed E-state index contributed by atoms with van der Waals surface area (Å²) in [7, 11) is 1.33. The molecule has 0 bridgehead atoms. The van der Waals surface area contributed by atoms with E-state index in [1.165, 1.54) is 13.3 Å². The molecular weight excluding hydrogens is 168 g/mol. The first-order valence-corrected chi connectivity index (χ1v) is 3.65. The average Bonchev–Trinajstić information content (AvgIpc) is 2.19. The van der Waals surface area contributed by atoms with E-state index in [0.717, 1.165) is 0 Å². The minimum absolute atomic E-state index is 0.148. The Morgan fingerprint density at radius 1 is 1.69 bits per heavy atom. The van der Waals surface area contributed by atoms with E-state index < -0.39 is 0 Å². The summed E-state index contributed by atoms with van der Waals surface area (Å²) in [5, 5.41) is 0. The van der Waals surface area contributed by atoms with Crippen LogP contribution in [0, 0.1) is 6.57 Å². The lowest BCUT2D eigenvalue weighted by molar-refractivity contribution is -0.139. The molecule has 0 N–H and O–H groups in total. The molecule has 1 aromatic heterocycles. The molecule has 0 aliphatic heterocycles. The zero-order valence-corrected chi connectivity index (χ0v) is 7.15. The number of esters is 1. The number of nitrogens with zero attached hydrogens (tertiary/aromatic N) is 2. The van der Waals surface area contributed by atoms with Gasteiger partial charge in [-0.3, -0.25) is 9.78 Å². The standard InChI is InChI=1S/C9H8N2O2/c1-10-8-4-3-7(11-6-8)5-9(12)13-2/h3-4,6H,5H2,2H3. The van der Waals surface area contributed by atoms with Crippen LogP contribution in [0.15, 0.2) is 18.3 Å². The fourth-order valence-electron chi connectivity index (χ4n) is 0.807. The van der Waals surface area contributed by atoms with Crippen molar-refractivity contribution in [2.75, 3.05) is 7.11 Å². The molecule has 0 saturated carbocycles. The molecule has 0 aliphatic carbocycles. The van der Waals surface area contributed by atoms with Crippen LogP contribution in [0.25, 0.3) is 4.85 Å². The van der Waals surface area contributed by atoms with Gasteiger partial charge in [-0.25, -0.2) is 4.85 Å². The van der Waals surface area contributed by atoms with E-state index in [-0.39, 0.29) is 12.4 Å². The second-order valence-corrected chi connectivity index (χ2v) is 2.37. The lowest BCUT2D eigenvalue weighted by atomic mass is 10.2. The molecule has 0 amide bonds. The summed E-state index contributed by atoms with van der Waals surface area (Å²) in [5.74, 6) is -0.330. The number of ether oxygens (including phenoxy) is 1. The molecule has 0 unspecified atom stereocenters. The Kier molecular flexibility index (Phi) is 2.98. The zero-order valence-electron chi connectivity index (χ0n) is 7.15. The molecule has 0 aromatic carbocycles. The highest BCUT2D eigenvalue weighted by molar-refractivity contribution is 5.71. The Hall–Kier alpha value is -1.89. The maximum Gasteiger partial charge on any atom is 0.311 e. The Morgan fingerprint density at radius 2 is 2.46 bits per heavy atom. The van der Waals surface area contributed by atoms with Gasteiger partial charge in [-0.1, -0.05) is 12.1 Å². The molecule has 1 rings (SSSR count). The molecule has 66 valence electrons. The van der Waals surface area contributed by atoms with Crippen molar-refractivity contribution in [3.8, 4) is 0 Å². The molecule has 0 radical (unpaired) electrons. The molecule has 4 heteroatoms. The number of carbonyl (C=O) groups excluding carboxylic acids is 1. The molecule has 1 heterocycles. The van der Waals surface area contributed by atoms with E-state index in [2.05, 4.69) is 14.6 Å². The monoisotopic (exact) mass is 176 g/mol. The van der Waals surface area contributed by atoms with Crippen LogP contribution in [-0.4, -0.2) is 18.1 Å². The minimum atomic E-state index is -0.330. The van der Waals surface area contributed by atoms with Crippen molar-refractivity contribution in [3.05, 3.63) is 35.4 Å². The Bertz CT molecular complexity index is 338. The van der Waals surface area contributed by atoms with Crippen LogP contribution in [0.2, 0.25) is 0 Å². The van der Waals surface area contributed by atoms with E-state index in [4.69, 9.17) is 6.57 Å². The van der Waals surface area contributed by atoms with Gasteiger partial charge in [0, 0.05) is 11.9 Å². The number of hydrogen-bond donors (Lipinski definition) is 0. The molecule has 13 heavy (non-hydrogen) atoms. The van der Waals surface area contributed by atoms with Crippen LogP contribution in [0.3, 0.4) is 0 Å². The maximum absolute atomic E-state index is 10.8. The number of pyridine rings is 1. The zero-order chi connectivity index (χ0) is 9.68. The van der Waals surface area contributed by atoms with Crippen LogP contribution in [0.5, 0.6) is 0 Å². The van der Waals surface area contributed by atoms with Crippen molar-refractivity contribution in [2.24, 2.45) is 0 Å². The van der Waals surface area contributed by atoms with Gasteiger partial charge in [-0.15, -0.1) is 0 Å². The third-order valence-electron chi connectivity index (χ3n) is 1.49. The second kappa shape index (κ2) is 4.21. The molecule has 1 aromatic rings. The highest BCUT2D eigenvalue weighted by Crippen LogP contribution is 2.09. The smallest absolute Gasteiger partial charge is 0.311 e. The summed E-state index contributed by atoms with van der Waals surface area (Å²) in [5.41, 5.74) is 1.08. The predicted octanol–water partition coefficient (Wildman–Crippen LogP) is 1.35. The van der Waals surface area contributed by atoms with Crippen molar-refractivity contribution in [1.82, 2.24) is 4.98 Å². The van der Waals surface area contributed by atoms with Gasteiger partial charge in [0.15, 0.2) is 0 Å². The fraction of sp³-hybridized carbons (Fsp3) is 0.222.